The van der Waals surface area contributed by atoms with Crippen LogP contribution in [0.5, 0.6) is 0 Å². The van der Waals surface area contributed by atoms with Crippen molar-refractivity contribution in [2.45, 2.75) is 84.4 Å². The van der Waals surface area contributed by atoms with Crippen molar-refractivity contribution < 1.29 is 18.8 Å². The Morgan fingerprint density at radius 1 is 0.870 bits per heavy atom. The van der Waals surface area contributed by atoms with Crippen LogP contribution in [0.4, 0.5) is 9.59 Å². The van der Waals surface area contributed by atoms with E-state index < -0.39 is 20.5 Å². The molecule has 134 valence electrons. The maximum absolute atomic E-state index is 12.0. The lowest BCUT2D eigenvalue weighted by molar-refractivity contribution is 0.151. The summed E-state index contributed by atoms with van der Waals surface area (Å²) in [6.07, 6.45) is 1.17. The number of amides is 2. The molecule has 0 aliphatic heterocycles. The van der Waals surface area contributed by atoms with E-state index in [4.69, 9.17) is 9.16 Å². The molecule has 6 nitrogen and oxygen atoms in total. The predicted octanol–water partition coefficient (Wildman–Crippen LogP) is 6.08. The highest BCUT2D eigenvalue weighted by Crippen LogP contribution is 2.42. The third kappa shape index (κ3) is 6.81. The van der Waals surface area contributed by atoms with Gasteiger partial charge in [0.25, 0.3) is 8.32 Å². The Bertz CT molecular complexity index is 387. The van der Waals surface area contributed by atoms with Crippen molar-refractivity contribution >= 4 is 20.5 Å². The van der Waals surface area contributed by atoms with Crippen LogP contribution in [0.1, 0.15) is 67.7 Å². The van der Waals surface area contributed by atoms with E-state index in [1.54, 1.807) is 0 Å². The van der Waals surface area contributed by atoms with Crippen molar-refractivity contribution in [3.63, 3.8) is 0 Å². The second-order valence-electron chi connectivity index (χ2n) is 6.71. The second kappa shape index (κ2) is 10.5. The average molecular weight is 345 g/mol. The second-order valence-corrected chi connectivity index (χ2v) is 12.1. The Morgan fingerprint density at radius 2 is 1.35 bits per heavy atom. The normalized spacial score (nSPS) is 12.4. The summed E-state index contributed by atoms with van der Waals surface area (Å²) in [6.45, 7) is 14.8. The molecule has 0 unspecified atom stereocenters. The van der Waals surface area contributed by atoms with Crippen LogP contribution in [0.2, 0.25) is 16.6 Å². The van der Waals surface area contributed by atoms with Crippen molar-refractivity contribution in [2.75, 3.05) is 6.61 Å². The van der Waals surface area contributed by atoms with Gasteiger partial charge in [-0.3, -0.25) is 0 Å². The molecule has 0 bridgehead atoms. The number of carbonyl (C=O) groups is 2. The monoisotopic (exact) mass is 344 g/mol. The molecule has 7 heteroatoms. The van der Waals surface area contributed by atoms with Gasteiger partial charge in [0.2, 0.25) is 0 Å². The first-order chi connectivity index (χ1) is 10.7. The van der Waals surface area contributed by atoms with Gasteiger partial charge in [0.05, 0.1) is 6.61 Å². The molecule has 0 saturated carbocycles. The number of azo groups is 1. The molecular formula is C16H32N2O4Si. The number of rotatable bonds is 8. The minimum Gasteiger partial charge on any atom is -0.500 e. The fourth-order valence-electron chi connectivity index (χ4n) is 3.15. The van der Waals surface area contributed by atoms with Crippen molar-refractivity contribution in [3.8, 4) is 0 Å². The zero-order valence-electron chi connectivity index (χ0n) is 15.6. The van der Waals surface area contributed by atoms with E-state index in [2.05, 4.69) is 58.7 Å². The molecule has 2 amide bonds. The molecule has 0 aromatic heterocycles. The van der Waals surface area contributed by atoms with Gasteiger partial charge in [0, 0.05) is 0 Å². The maximum Gasteiger partial charge on any atom is 0.452 e. The van der Waals surface area contributed by atoms with Gasteiger partial charge in [-0.1, -0.05) is 71.5 Å². The van der Waals surface area contributed by atoms with Gasteiger partial charge in [0.1, 0.15) is 0 Å². The average Bonchev–Trinajstić information content (AvgIpc) is 2.45. The number of carbonyl (C=O) groups excluding carboxylic acids is 2. The van der Waals surface area contributed by atoms with Crippen molar-refractivity contribution in [2.24, 2.45) is 10.2 Å². The van der Waals surface area contributed by atoms with Crippen molar-refractivity contribution in [3.05, 3.63) is 0 Å². The third-order valence-electron chi connectivity index (χ3n) is 4.16. The van der Waals surface area contributed by atoms with E-state index in [1.165, 1.54) is 0 Å². The lowest BCUT2D eigenvalue weighted by Gasteiger charge is -2.40. The van der Waals surface area contributed by atoms with Gasteiger partial charge < -0.3 is 9.16 Å². The number of nitrogens with zero attached hydrogens (tertiary/aromatic N) is 2. The molecular weight excluding hydrogens is 312 g/mol. The molecule has 0 heterocycles. The lowest BCUT2D eigenvalue weighted by Crippen LogP contribution is -2.48. The summed E-state index contributed by atoms with van der Waals surface area (Å²) >= 11 is 0. The van der Waals surface area contributed by atoms with Crippen LogP contribution in [0.25, 0.3) is 0 Å². The van der Waals surface area contributed by atoms with E-state index in [1.807, 2.05) is 0 Å². The summed E-state index contributed by atoms with van der Waals surface area (Å²) in [5, 5.41) is 6.67. The van der Waals surface area contributed by atoms with E-state index >= 15 is 0 Å². The summed E-state index contributed by atoms with van der Waals surface area (Å²) in [5.74, 6) is 0. The fourth-order valence-corrected chi connectivity index (χ4v) is 8.20. The molecule has 0 aliphatic carbocycles. The smallest absolute Gasteiger partial charge is 0.452 e. The van der Waals surface area contributed by atoms with Gasteiger partial charge in [-0.05, 0) is 23.0 Å². The fraction of sp³-hybridized carbons (Fsp3) is 0.875. The Hall–Kier alpha value is -1.24. The first kappa shape index (κ1) is 21.8. The van der Waals surface area contributed by atoms with Crippen LogP contribution >= 0.6 is 0 Å². The van der Waals surface area contributed by atoms with Gasteiger partial charge in [-0.15, -0.1) is 0 Å². The molecule has 0 fully saturated rings. The molecule has 0 aromatic carbocycles. The summed E-state index contributed by atoms with van der Waals surface area (Å²) in [7, 11) is -2.35. The van der Waals surface area contributed by atoms with Crippen LogP contribution in [0.3, 0.4) is 0 Å². The molecule has 0 aliphatic rings. The van der Waals surface area contributed by atoms with Crippen LogP contribution in [0.15, 0.2) is 10.2 Å². The molecule has 0 atom stereocenters. The first-order valence-electron chi connectivity index (χ1n) is 8.49. The number of ether oxygens (including phenoxy) is 1. The molecule has 0 spiro atoms. The molecule has 23 heavy (non-hydrogen) atoms. The predicted molar refractivity (Wildman–Crippen MR) is 93.3 cm³/mol. The zero-order valence-corrected chi connectivity index (χ0v) is 16.6. The maximum atomic E-state index is 12.0. The van der Waals surface area contributed by atoms with E-state index in [-0.39, 0.29) is 16.6 Å². The van der Waals surface area contributed by atoms with E-state index in [9.17, 15) is 9.59 Å². The molecule has 0 N–H and O–H groups in total. The zero-order chi connectivity index (χ0) is 18.0. The molecule has 0 rings (SSSR count). The minimum absolute atomic E-state index is 0.252. The Labute approximate surface area is 141 Å². The van der Waals surface area contributed by atoms with Crippen LogP contribution < -0.4 is 0 Å². The standard InChI is InChI=1S/C16H32N2O4Si/c1-8-9-10-11-21-15(19)17-18-16(20)22-23(12(2)3,13(4)5)14(6)7/h12-14H,8-11H2,1-7H3/b18-17+. The van der Waals surface area contributed by atoms with Crippen molar-refractivity contribution in [1.82, 2.24) is 0 Å². The summed E-state index contributed by atoms with van der Waals surface area (Å²) in [4.78, 5) is 23.4. The highest BCUT2D eigenvalue weighted by Gasteiger charge is 2.48. The number of hydrogen-bond donors (Lipinski definition) is 0. The summed E-state index contributed by atoms with van der Waals surface area (Å²) < 4.78 is 10.6. The van der Waals surface area contributed by atoms with Crippen LogP contribution in [-0.2, 0) is 9.16 Å². The van der Waals surface area contributed by atoms with E-state index in [0.29, 0.717) is 6.61 Å². The first-order valence-corrected chi connectivity index (χ1v) is 10.6. The molecule has 0 aromatic rings. The van der Waals surface area contributed by atoms with Gasteiger partial charge in [-0.25, -0.2) is 9.59 Å². The third-order valence-corrected chi connectivity index (χ3v) is 10.1. The highest BCUT2D eigenvalue weighted by atomic mass is 28.4. The number of hydrogen-bond acceptors (Lipinski definition) is 4. The minimum atomic E-state index is -2.35. The number of unbranched alkanes of at least 4 members (excludes halogenated alkanes) is 2. The molecule has 0 saturated heterocycles. The molecule has 0 radical (unpaired) electrons. The van der Waals surface area contributed by atoms with Gasteiger partial charge in [0.15, 0.2) is 0 Å². The quantitative estimate of drug-likeness (QED) is 0.304. The van der Waals surface area contributed by atoms with Gasteiger partial charge in [-0.2, -0.15) is 0 Å². The topological polar surface area (TPSA) is 77.3 Å². The summed E-state index contributed by atoms with van der Waals surface area (Å²) in [6, 6.07) is 0. The van der Waals surface area contributed by atoms with Crippen molar-refractivity contribution in [1.29, 1.82) is 0 Å². The Morgan fingerprint density at radius 3 is 1.78 bits per heavy atom. The lowest BCUT2D eigenvalue weighted by atomic mass is 10.3. The van der Waals surface area contributed by atoms with E-state index in [0.717, 1.165) is 19.3 Å². The SMILES string of the molecule is CCCCCOC(=O)/N=N/C(=O)O[Si](C(C)C)(C(C)C)C(C)C. The highest BCUT2D eigenvalue weighted by molar-refractivity contribution is 6.78. The summed E-state index contributed by atoms with van der Waals surface area (Å²) in [5.41, 5.74) is 0.757. The Balaban J connectivity index is 4.71. The Kier molecular flexibility index (Phi) is 9.95. The van der Waals surface area contributed by atoms with Crippen LogP contribution in [0, 0.1) is 0 Å². The largest absolute Gasteiger partial charge is 0.500 e. The van der Waals surface area contributed by atoms with Gasteiger partial charge >= 0.3 is 12.2 Å². The van der Waals surface area contributed by atoms with Crippen LogP contribution in [-0.4, -0.2) is 27.1 Å².